The van der Waals surface area contributed by atoms with E-state index < -0.39 is 5.97 Å². The molecule has 0 aliphatic heterocycles. The van der Waals surface area contributed by atoms with Crippen molar-refractivity contribution in [1.29, 1.82) is 0 Å². The van der Waals surface area contributed by atoms with Crippen LogP contribution in [-0.4, -0.2) is 34.5 Å². The Balaban J connectivity index is 1.87. The molecule has 1 fully saturated rings. The minimum absolute atomic E-state index is 0.00428. The highest BCUT2D eigenvalue weighted by molar-refractivity contribution is 7.17. The average Bonchev–Trinajstić information content (AvgIpc) is 3.17. The molecule has 1 N–H and O–H groups in total. The number of hydrogen-bond donors (Lipinski definition) is 1. The maximum Gasteiger partial charge on any atom is 0.305 e. The molecule has 1 aliphatic rings. The molecule has 1 aromatic carbocycles. The molecule has 0 atom stereocenters. The topological polar surface area (TPSA) is 57.6 Å². The minimum Gasteiger partial charge on any atom is -0.481 e. The molecule has 4 nitrogen and oxygen atoms in total. The van der Waals surface area contributed by atoms with E-state index in [1.807, 2.05) is 29.6 Å². The number of rotatable bonds is 5. The van der Waals surface area contributed by atoms with Crippen LogP contribution in [0.25, 0.3) is 10.1 Å². The molecule has 1 heterocycles. The first-order valence-electron chi connectivity index (χ1n) is 6.66. The third-order valence-corrected chi connectivity index (χ3v) is 4.49. The van der Waals surface area contributed by atoms with Crippen molar-refractivity contribution in [1.82, 2.24) is 4.90 Å². The predicted octanol–water partition coefficient (Wildman–Crippen LogP) is 2.98. The highest BCUT2D eigenvalue weighted by atomic mass is 32.1. The van der Waals surface area contributed by atoms with Crippen LogP contribution in [0.3, 0.4) is 0 Å². The van der Waals surface area contributed by atoms with Crippen LogP contribution in [0.2, 0.25) is 0 Å². The summed E-state index contributed by atoms with van der Waals surface area (Å²) in [5, 5.41) is 11.7. The van der Waals surface area contributed by atoms with Gasteiger partial charge in [-0.25, -0.2) is 0 Å². The molecule has 1 amide bonds. The van der Waals surface area contributed by atoms with E-state index in [0.29, 0.717) is 12.1 Å². The van der Waals surface area contributed by atoms with E-state index in [-0.39, 0.29) is 18.4 Å². The Morgan fingerprint density at radius 1 is 1.30 bits per heavy atom. The van der Waals surface area contributed by atoms with Crippen molar-refractivity contribution < 1.29 is 14.7 Å². The zero-order chi connectivity index (χ0) is 14.1. The lowest BCUT2D eigenvalue weighted by molar-refractivity contribution is -0.137. The number of benzene rings is 1. The number of nitrogens with zero attached hydrogens (tertiary/aromatic N) is 1. The zero-order valence-electron chi connectivity index (χ0n) is 10.9. The largest absolute Gasteiger partial charge is 0.481 e. The molecular weight excluding hydrogens is 274 g/mol. The summed E-state index contributed by atoms with van der Waals surface area (Å²) in [5.41, 5.74) is 0.697. The van der Waals surface area contributed by atoms with E-state index in [1.54, 1.807) is 16.2 Å². The van der Waals surface area contributed by atoms with Crippen LogP contribution >= 0.6 is 11.3 Å². The quantitative estimate of drug-likeness (QED) is 0.920. The highest BCUT2D eigenvalue weighted by Crippen LogP contribution is 2.32. The van der Waals surface area contributed by atoms with Gasteiger partial charge >= 0.3 is 5.97 Å². The molecule has 0 saturated heterocycles. The van der Waals surface area contributed by atoms with Gasteiger partial charge in [0.2, 0.25) is 0 Å². The monoisotopic (exact) mass is 289 g/mol. The van der Waals surface area contributed by atoms with Crippen LogP contribution in [0.4, 0.5) is 0 Å². The zero-order valence-corrected chi connectivity index (χ0v) is 11.7. The first-order chi connectivity index (χ1) is 9.66. The van der Waals surface area contributed by atoms with E-state index in [1.165, 1.54) is 0 Å². The maximum atomic E-state index is 12.7. The first kappa shape index (κ1) is 13.1. The van der Waals surface area contributed by atoms with Crippen molar-refractivity contribution in [2.75, 3.05) is 6.54 Å². The van der Waals surface area contributed by atoms with E-state index in [4.69, 9.17) is 5.11 Å². The number of fused-ring (bicyclic) bond motifs is 1. The standard InChI is InChI=1S/C15H15NO3S/c17-14(18)7-8-16(10-5-6-10)15(19)12-9-20-13-4-2-1-3-11(12)13/h1-4,9-10H,5-8H2,(H,17,18). The van der Waals surface area contributed by atoms with Crippen LogP contribution in [0.5, 0.6) is 0 Å². The van der Waals surface area contributed by atoms with Gasteiger partial charge in [0, 0.05) is 28.1 Å². The summed E-state index contributed by atoms with van der Waals surface area (Å²) in [7, 11) is 0. The van der Waals surface area contributed by atoms with E-state index >= 15 is 0 Å². The summed E-state index contributed by atoms with van der Waals surface area (Å²) in [4.78, 5) is 25.1. The van der Waals surface area contributed by atoms with Crippen molar-refractivity contribution in [3.8, 4) is 0 Å². The summed E-state index contributed by atoms with van der Waals surface area (Å²) in [6, 6.07) is 8.04. The highest BCUT2D eigenvalue weighted by Gasteiger charge is 2.33. The second-order valence-corrected chi connectivity index (χ2v) is 5.93. The van der Waals surface area contributed by atoms with Gasteiger partial charge in [-0.2, -0.15) is 0 Å². The summed E-state index contributed by atoms with van der Waals surface area (Å²) < 4.78 is 1.09. The summed E-state index contributed by atoms with van der Waals surface area (Å²) >= 11 is 1.55. The SMILES string of the molecule is O=C(O)CCN(C(=O)c1csc2ccccc12)C1CC1. The average molecular weight is 289 g/mol. The Kier molecular flexibility index (Phi) is 3.44. The Morgan fingerprint density at radius 2 is 2.05 bits per heavy atom. The molecule has 0 unspecified atom stereocenters. The third kappa shape index (κ3) is 2.54. The second kappa shape index (κ2) is 5.25. The molecule has 1 aromatic heterocycles. The number of carboxylic acid groups (broad SMARTS) is 1. The van der Waals surface area contributed by atoms with Gasteiger partial charge in [0.25, 0.3) is 5.91 Å². The Bertz CT molecular complexity index is 660. The Hall–Kier alpha value is -1.88. The van der Waals surface area contributed by atoms with Gasteiger partial charge in [0.05, 0.1) is 12.0 Å². The van der Waals surface area contributed by atoms with Crippen molar-refractivity contribution in [3.05, 3.63) is 35.2 Å². The molecule has 0 spiro atoms. The number of carboxylic acids is 1. The molecule has 2 aromatic rings. The molecule has 104 valence electrons. The van der Waals surface area contributed by atoms with Crippen LogP contribution in [0.1, 0.15) is 29.6 Å². The number of thiophene rings is 1. The van der Waals surface area contributed by atoms with Crippen molar-refractivity contribution in [2.45, 2.75) is 25.3 Å². The van der Waals surface area contributed by atoms with Gasteiger partial charge in [-0.05, 0) is 18.9 Å². The lowest BCUT2D eigenvalue weighted by Crippen LogP contribution is -2.34. The first-order valence-corrected chi connectivity index (χ1v) is 7.54. The fourth-order valence-electron chi connectivity index (χ4n) is 2.35. The molecular formula is C15H15NO3S. The lowest BCUT2D eigenvalue weighted by Gasteiger charge is -2.21. The summed E-state index contributed by atoms with van der Waals surface area (Å²) in [5.74, 6) is -0.898. The van der Waals surface area contributed by atoms with Crippen molar-refractivity contribution in [2.24, 2.45) is 0 Å². The van der Waals surface area contributed by atoms with Gasteiger partial charge in [-0.1, -0.05) is 18.2 Å². The van der Waals surface area contributed by atoms with E-state index in [0.717, 1.165) is 22.9 Å². The number of amides is 1. The van der Waals surface area contributed by atoms with Gasteiger partial charge in [-0.3, -0.25) is 9.59 Å². The number of carbonyl (C=O) groups excluding carboxylic acids is 1. The van der Waals surface area contributed by atoms with Crippen molar-refractivity contribution >= 4 is 33.3 Å². The van der Waals surface area contributed by atoms with Gasteiger partial charge in [0.1, 0.15) is 0 Å². The second-order valence-electron chi connectivity index (χ2n) is 5.02. The number of hydrogen-bond acceptors (Lipinski definition) is 3. The third-order valence-electron chi connectivity index (χ3n) is 3.53. The fraction of sp³-hybridized carbons (Fsp3) is 0.333. The molecule has 5 heteroatoms. The summed E-state index contributed by atoms with van der Waals surface area (Å²) in [6.45, 7) is 0.295. The molecule has 1 aliphatic carbocycles. The molecule has 1 saturated carbocycles. The van der Waals surface area contributed by atoms with E-state index in [9.17, 15) is 9.59 Å². The fourth-order valence-corrected chi connectivity index (χ4v) is 3.29. The Morgan fingerprint density at radius 3 is 2.75 bits per heavy atom. The van der Waals surface area contributed by atoms with E-state index in [2.05, 4.69) is 0 Å². The normalized spacial score (nSPS) is 14.4. The van der Waals surface area contributed by atoms with Crippen LogP contribution in [0.15, 0.2) is 29.6 Å². The molecule has 3 rings (SSSR count). The van der Waals surface area contributed by atoms with Crippen molar-refractivity contribution in [3.63, 3.8) is 0 Å². The molecule has 0 radical (unpaired) electrons. The van der Waals surface area contributed by atoms with Crippen LogP contribution < -0.4 is 0 Å². The molecule has 20 heavy (non-hydrogen) atoms. The summed E-state index contributed by atoms with van der Waals surface area (Å²) in [6.07, 6.45) is 1.96. The van der Waals surface area contributed by atoms with Gasteiger partial charge < -0.3 is 10.0 Å². The molecule has 0 bridgehead atoms. The van der Waals surface area contributed by atoms with Gasteiger partial charge in [0.15, 0.2) is 0 Å². The van der Waals surface area contributed by atoms with Crippen LogP contribution in [-0.2, 0) is 4.79 Å². The lowest BCUT2D eigenvalue weighted by atomic mass is 10.1. The number of carbonyl (C=O) groups is 2. The Labute approximate surface area is 120 Å². The predicted molar refractivity (Wildman–Crippen MR) is 78.1 cm³/mol. The smallest absolute Gasteiger partial charge is 0.305 e. The maximum absolute atomic E-state index is 12.7. The minimum atomic E-state index is -0.862. The van der Waals surface area contributed by atoms with Crippen LogP contribution in [0, 0.1) is 0 Å². The van der Waals surface area contributed by atoms with Gasteiger partial charge in [-0.15, -0.1) is 11.3 Å². The number of aliphatic carboxylic acids is 1.